The van der Waals surface area contributed by atoms with Gasteiger partial charge in [0.2, 0.25) is 5.13 Å². The first-order valence-corrected chi connectivity index (χ1v) is 7.48. The van der Waals surface area contributed by atoms with E-state index in [1.807, 2.05) is 0 Å². The van der Waals surface area contributed by atoms with E-state index in [1.54, 1.807) is 11.5 Å². The summed E-state index contributed by atoms with van der Waals surface area (Å²) in [7, 11) is 2.20. The minimum Gasteiger partial charge on any atom is -0.345 e. The lowest BCUT2D eigenvalue weighted by molar-refractivity contribution is 0.272. The minimum atomic E-state index is 0.0497. The van der Waals surface area contributed by atoms with Gasteiger partial charge in [0.25, 0.3) is 0 Å². The second-order valence-corrected chi connectivity index (χ2v) is 6.84. The van der Waals surface area contributed by atoms with Crippen molar-refractivity contribution in [3.63, 3.8) is 0 Å². The van der Waals surface area contributed by atoms with E-state index in [0.717, 1.165) is 30.6 Å². The molecule has 0 spiro atoms. The van der Waals surface area contributed by atoms with Gasteiger partial charge in [0.05, 0.1) is 0 Å². The molecule has 1 aliphatic heterocycles. The van der Waals surface area contributed by atoms with Crippen LogP contribution in [0.4, 0.5) is 5.13 Å². The molecule has 1 aliphatic rings. The zero-order valence-corrected chi connectivity index (χ0v) is 12.9. The van der Waals surface area contributed by atoms with Crippen molar-refractivity contribution in [3.8, 4) is 0 Å². The van der Waals surface area contributed by atoms with Crippen molar-refractivity contribution >= 4 is 16.7 Å². The fourth-order valence-electron chi connectivity index (χ4n) is 2.18. The third-order valence-corrected chi connectivity index (χ3v) is 4.42. The highest BCUT2D eigenvalue weighted by molar-refractivity contribution is 7.09. The summed E-state index contributed by atoms with van der Waals surface area (Å²) in [6.45, 7) is 12.0. The SMILES string of the molecule is CCN(C)C1CCN(c2nc(C(C)(C)C)ns2)C1. The highest BCUT2D eigenvalue weighted by atomic mass is 32.1. The summed E-state index contributed by atoms with van der Waals surface area (Å²) in [6.07, 6.45) is 1.23. The van der Waals surface area contributed by atoms with Crippen molar-refractivity contribution in [2.24, 2.45) is 0 Å². The predicted molar refractivity (Wildman–Crippen MR) is 77.5 cm³/mol. The Labute approximate surface area is 114 Å². The van der Waals surface area contributed by atoms with E-state index in [0.29, 0.717) is 6.04 Å². The molecule has 0 radical (unpaired) electrons. The average molecular weight is 268 g/mol. The third kappa shape index (κ3) is 2.83. The van der Waals surface area contributed by atoms with Gasteiger partial charge in [-0.25, -0.2) is 4.98 Å². The summed E-state index contributed by atoms with van der Waals surface area (Å²) in [5.41, 5.74) is 0.0497. The summed E-state index contributed by atoms with van der Waals surface area (Å²) in [5.74, 6) is 0.967. The smallest absolute Gasteiger partial charge is 0.205 e. The Morgan fingerprint density at radius 1 is 1.44 bits per heavy atom. The topological polar surface area (TPSA) is 32.3 Å². The van der Waals surface area contributed by atoms with Crippen LogP contribution >= 0.6 is 11.5 Å². The second kappa shape index (κ2) is 5.13. The maximum absolute atomic E-state index is 4.70. The Bertz CT molecular complexity index is 396. The molecular weight excluding hydrogens is 244 g/mol. The summed E-state index contributed by atoms with van der Waals surface area (Å²) in [6, 6.07) is 0.664. The largest absolute Gasteiger partial charge is 0.345 e. The Morgan fingerprint density at radius 3 is 2.72 bits per heavy atom. The average Bonchev–Trinajstić information content (AvgIpc) is 2.94. The van der Waals surface area contributed by atoms with E-state index in [2.05, 4.69) is 48.9 Å². The molecule has 4 nitrogen and oxygen atoms in total. The van der Waals surface area contributed by atoms with Crippen LogP contribution in [0.25, 0.3) is 0 Å². The lowest BCUT2D eigenvalue weighted by atomic mass is 9.96. The number of aromatic nitrogens is 2. The second-order valence-electron chi connectivity index (χ2n) is 6.11. The van der Waals surface area contributed by atoms with Crippen LogP contribution in [0.5, 0.6) is 0 Å². The zero-order valence-electron chi connectivity index (χ0n) is 12.1. The lowest BCUT2D eigenvalue weighted by Crippen LogP contribution is -2.34. The fourth-order valence-corrected chi connectivity index (χ4v) is 3.07. The zero-order chi connectivity index (χ0) is 13.3. The monoisotopic (exact) mass is 268 g/mol. The van der Waals surface area contributed by atoms with Crippen LogP contribution in [0, 0.1) is 0 Å². The van der Waals surface area contributed by atoms with Gasteiger partial charge in [-0.05, 0) is 20.0 Å². The van der Waals surface area contributed by atoms with Crippen LogP contribution in [0.1, 0.15) is 39.9 Å². The van der Waals surface area contributed by atoms with Crippen molar-refractivity contribution < 1.29 is 0 Å². The summed E-state index contributed by atoms with van der Waals surface area (Å²) >= 11 is 1.54. The van der Waals surface area contributed by atoms with Crippen molar-refractivity contribution in [2.75, 3.05) is 31.6 Å². The maximum atomic E-state index is 4.70. The first kappa shape index (κ1) is 13.7. The van der Waals surface area contributed by atoms with Gasteiger partial charge < -0.3 is 9.80 Å². The van der Waals surface area contributed by atoms with Gasteiger partial charge in [-0.15, -0.1) is 0 Å². The number of rotatable bonds is 3. The van der Waals surface area contributed by atoms with E-state index >= 15 is 0 Å². The van der Waals surface area contributed by atoms with E-state index in [1.165, 1.54) is 6.42 Å². The molecule has 0 amide bonds. The first-order valence-electron chi connectivity index (χ1n) is 6.71. The number of hydrogen-bond acceptors (Lipinski definition) is 5. The van der Waals surface area contributed by atoms with Crippen molar-refractivity contribution in [3.05, 3.63) is 5.82 Å². The quantitative estimate of drug-likeness (QED) is 0.842. The Hall–Kier alpha value is -0.680. The molecule has 1 atom stereocenters. The maximum Gasteiger partial charge on any atom is 0.205 e. The number of anilines is 1. The molecule has 5 heteroatoms. The lowest BCUT2D eigenvalue weighted by Gasteiger charge is -2.22. The van der Waals surface area contributed by atoms with Crippen LogP contribution in [0.15, 0.2) is 0 Å². The van der Waals surface area contributed by atoms with Crippen molar-refractivity contribution in [1.29, 1.82) is 0 Å². The molecule has 2 rings (SSSR count). The minimum absolute atomic E-state index is 0.0497. The van der Waals surface area contributed by atoms with E-state index < -0.39 is 0 Å². The molecule has 0 aromatic carbocycles. The molecule has 0 bridgehead atoms. The van der Waals surface area contributed by atoms with Crippen LogP contribution in [-0.2, 0) is 5.41 Å². The van der Waals surface area contributed by atoms with Crippen molar-refractivity contribution in [1.82, 2.24) is 14.3 Å². The fraction of sp³-hybridized carbons (Fsp3) is 0.846. The van der Waals surface area contributed by atoms with Crippen LogP contribution < -0.4 is 4.90 Å². The van der Waals surface area contributed by atoms with E-state index in [4.69, 9.17) is 4.98 Å². The summed E-state index contributed by atoms with van der Waals surface area (Å²) < 4.78 is 4.50. The molecule has 0 aliphatic carbocycles. The molecule has 1 aromatic rings. The molecule has 1 unspecified atom stereocenters. The molecule has 0 N–H and O–H groups in total. The van der Waals surface area contributed by atoms with E-state index in [9.17, 15) is 0 Å². The molecule has 102 valence electrons. The Balaban J connectivity index is 2.04. The van der Waals surface area contributed by atoms with Gasteiger partial charge >= 0.3 is 0 Å². The van der Waals surface area contributed by atoms with Gasteiger partial charge in [-0.3, -0.25) is 0 Å². The van der Waals surface area contributed by atoms with Gasteiger partial charge in [-0.1, -0.05) is 27.7 Å². The number of nitrogens with zero attached hydrogens (tertiary/aromatic N) is 4. The molecule has 1 aromatic heterocycles. The summed E-state index contributed by atoms with van der Waals surface area (Å²) in [4.78, 5) is 9.50. The highest BCUT2D eigenvalue weighted by Crippen LogP contribution is 2.28. The molecular formula is C13H24N4S. The number of likely N-dealkylation sites (N-methyl/N-ethyl adjacent to an activating group) is 1. The predicted octanol–water partition coefficient (Wildman–Crippen LogP) is 2.37. The van der Waals surface area contributed by atoms with Gasteiger partial charge in [0, 0.05) is 36.1 Å². The van der Waals surface area contributed by atoms with E-state index in [-0.39, 0.29) is 5.41 Å². The van der Waals surface area contributed by atoms with Crippen molar-refractivity contribution in [2.45, 2.75) is 45.6 Å². The summed E-state index contributed by atoms with van der Waals surface area (Å²) in [5, 5.41) is 1.09. The normalized spacial score (nSPS) is 21.0. The van der Waals surface area contributed by atoms with Crippen LogP contribution in [-0.4, -0.2) is 47.0 Å². The molecule has 1 saturated heterocycles. The first-order chi connectivity index (χ1) is 8.41. The Morgan fingerprint density at radius 2 is 2.17 bits per heavy atom. The number of hydrogen-bond donors (Lipinski definition) is 0. The van der Waals surface area contributed by atoms with Crippen LogP contribution in [0.2, 0.25) is 0 Å². The van der Waals surface area contributed by atoms with Gasteiger partial charge in [0.1, 0.15) is 5.82 Å². The van der Waals surface area contributed by atoms with Crippen LogP contribution in [0.3, 0.4) is 0 Å². The standard InChI is InChI=1S/C13H24N4S/c1-6-16(5)10-7-8-17(9-10)12-14-11(15-18-12)13(2,3)4/h10H,6-9H2,1-5H3. The van der Waals surface area contributed by atoms with Gasteiger partial charge in [0.15, 0.2) is 0 Å². The molecule has 2 heterocycles. The molecule has 0 saturated carbocycles. The third-order valence-electron chi connectivity index (χ3n) is 3.64. The Kier molecular flexibility index (Phi) is 3.92. The molecule has 18 heavy (non-hydrogen) atoms. The molecule has 1 fully saturated rings. The highest BCUT2D eigenvalue weighted by Gasteiger charge is 2.28. The van der Waals surface area contributed by atoms with Gasteiger partial charge in [-0.2, -0.15) is 4.37 Å².